The Kier molecular flexibility index (Phi) is 2.48. The fraction of sp³-hybridized carbons (Fsp3) is 0.100. The van der Waals surface area contributed by atoms with E-state index < -0.39 is 0 Å². The second-order valence-electron chi connectivity index (χ2n) is 3.10. The first kappa shape index (κ1) is 9.92. The second kappa shape index (κ2) is 3.51. The highest BCUT2D eigenvalue weighted by Gasteiger charge is 2.15. The van der Waals surface area contributed by atoms with E-state index in [-0.39, 0.29) is 24.0 Å². The van der Waals surface area contributed by atoms with Crippen molar-refractivity contribution in [3.8, 4) is 0 Å². The third-order valence-corrected chi connectivity index (χ3v) is 3.32. The fourth-order valence-corrected chi connectivity index (χ4v) is 2.58. The summed E-state index contributed by atoms with van der Waals surface area (Å²) >= 11 is 1.77. The number of hydrogen-bond donors (Lipinski definition) is 0. The Morgan fingerprint density at radius 2 is 2.07 bits per heavy atom. The topological polar surface area (TPSA) is 8.29 Å². The predicted molar refractivity (Wildman–Crippen MR) is 54.0 cm³/mol. The maximum Gasteiger partial charge on any atom is 0.346 e. The lowest BCUT2D eigenvalue weighted by molar-refractivity contribution is -0.616. The lowest BCUT2D eigenvalue weighted by Crippen LogP contribution is -3.00. The van der Waals surface area contributed by atoms with Crippen molar-refractivity contribution in [3.63, 3.8) is 0 Å². The largest absolute Gasteiger partial charge is 1.00 e. The Hall–Kier alpha value is -0.620. The highest BCUT2D eigenvalue weighted by atomic mass is 127. The number of aryl methyl sites for hydroxylation is 1. The van der Waals surface area contributed by atoms with Gasteiger partial charge in [-0.2, -0.15) is 4.40 Å². The summed E-state index contributed by atoms with van der Waals surface area (Å²) in [6, 6.07) is 8.45. The molecule has 0 amide bonds. The van der Waals surface area contributed by atoms with E-state index in [1.54, 1.807) is 11.3 Å². The van der Waals surface area contributed by atoms with Crippen molar-refractivity contribution >= 4 is 27.3 Å². The number of fused-ring (bicyclic) bond motifs is 3. The lowest BCUT2D eigenvalue weighted by atomic mass is 10.3. The molecule has 3 rings (SSSR count). The Labute approximate surface area is 103 Å². The predicted octanol–water partition coefficient (Wildman–Crippen LogP) is -1.02. The summed E-state index contributed by atoms with van der Waals surface area (Å²) in [6.45, 7) is 0. The molecule has 2 aromatic heterocycles. The van der Waals surface area contributed by atoms with Gasteiger partial charge in [0.25, 0.3) is 0 Å². The van der Waals surface area contributed by atoms with E-state index in [1.165, 1.54) is 16.0 Å². The monoisotopic (exact) mass is 316 g/mol. The first-order chi connectivity index (χ1) is 6.38. The number of rotatable bonds is 0. The van der Waals surface area contributed by atoms with Crippen molar-refractivity contribution in [1.82, 2.24) is 4.40 Å². The molecule has 0 saturated carbocycles. The first-order valence-electron chi connectivity index (χ1n) is 4.20. The number of imidazole rings is 1. The van der Waals surface area contributed by atoms with Gasteiger partial charge in [-0.15, -0.1) is 0 Å². The van der Waals surface area contributed by atoms with Crippen LogP contribution >= 0.6 is 11.3 Å². The van der Waals surface area contributed by atoms with Crippen LogP contribution in [-0.2, 0) is 7.05 Å². The molecular formula is C10H9IN2S. The van der Waals surface area contributed by atoms with Crippen molar-refractivity contribution in [2.75, 3.05) is 0 Å². The minimum Gasteiger partial charge on any atom is -1.00 e. The molecule has 0 saturated heterocycles. The van der Waals surface area contributed by atoms with Gasteiger partial charge in [-0.1, -0.05) is 23.5 Å². The standard InChI is InChI=1S/C10H9N2S.HI/c1-11-8-4-2-3-5-9(8)12-6-7-13-10(11)12;/h2-7H,1H3;1H/q+1;/p-1. The minimum atomic E-state index is 0. The number of nitrogens with zero attached hydrogens (tertiary/aromatic N) is 2. The maximum atomic E-state index is 2.22. The van der Waals surface area contributed by atoms with Crippen LogP contribution in [0.4, 0.5) is 0 Å². The van der Waals surface area contributed by atoms with Crippen LogP contribution in [0, 0.1) is 0 Å². The number of halogens is 1. The molecule has 0 N–H and O–H groups in total. The van der Waals surface area contributed by atoms with Crippen LogP contribution in [-0.4, -0.2) is 4.40 Å². The third-order valence-electron chi connectivity index (χ3n) is 2.38. The normalized spacial score (nSPS) is 10.6. The van der Waals surface area contributed by atoms with Gasteiger partial charge in [-0.05, 0) is 12.1 Å². The van der Waals surface area contributed by atoms with Gasteiger partial charge in [0.2, 0.25) is 0 Å². The fourth-order valence-electron chi connectivity index (χ4n) is 1.75. The van der Waals surface area contributed by atoms with Crippen LogP contribution in [0.1, 0.15) is 0 Å². The molecule has 14 heavy (non-hydrogen) atoms. The second-order valence-corrected chi connectivity index (χ2v) is 3.98. The van der Waals surface area contributed by atoms with Gasteiger partial charge in [0.1, 0.15) is 6.20 Å². The van der Waals surface area contributed by atoms with Crippen LogP contribution in [0.25, 0.3) is 16.0 Å². The van der Waals surface area contributed by atoms with Crippen molar-refractivity contribution in [2.45, 2.75) is 0 Å². The summed E-state index contributed by atoms with van der Waals surface area (Å²) in [7, 11) is 2.11. The molecule has 0 unspecified atom stereocenters. The molecular weight excluding hydrogens is 307 g/mol. The molecule has 72 valence electrons. The summed E-state index contributed by atoms with van der Waals surface area (Å²) in [4.78, 5) is 1.28. The Morgan fingerprint density at radius 1 is 1.29 bits per heavy atom. The third kappa shape index (κ3) is 1.17. The molecule has 0 radical (unpaired) electrons. The van der Waals surface area contributed by atoms with E-state index in [0.29, 0.717) is 0 Å². The molecule has 1 aromatic carbocycles. The maximum absolute atomic E-state index is 2.22. The Morgan fingerprint density at radius 3 is 2.93 bits per heavy atom. The van der Waals surface area contributed by atoms with E-state index in [2.05, 4.69) is 51.9 Å². The Balaban J connectivity index is 0.000000750. The van der Waals surface area contributed by atoms with E-state index in [9.17, 15) is 0 Å². The lowest BCUT2D eigenvalue weighted by Gasteiger charge is -1.84. The highest BCUT2D eigenvalue weighted by Crippen LogP contribution is 2.17. The molecule has 0 spiro atoms. The van der Waals surface area contributed by atoms with Crippen LogP contribution in [0.15, 0.2) is 35.8 Å². The van der Waals surface area contributed by atoms with Crippen LogP contribution in [0.3, 0.4) is 0 Å². The number of thiazole rings is 1. The Bertz CT molecular complexity index is 582. The van der Waals surface area contributed by atoms with E-state index in [0.717, 1.165) is 0 Å². The SMILES string of the molecule is C[n+]1c2ccccc2n2ccsc21.[I-]. The quantitative estimate of drug-likeness (QED) is 0.371. The van der Waals surface area contributed by atoms with Gasteiger partial charge in [0.05, 0.1) is 7.05 Å². The summed E-state index contributed by atoms with van der Waals surface area (Å²) < 4.78 is 4.44. The van der Waals surface area contributed by atoms with Crippen LogP contribution < -0.4 is 28.5 Å². The molecule has 3 aromatic rings. The van der Waals surface area contributed by atoms with Gasteiger partial charge in [-0.3, -0.25) is 0 Å². The van der Waals surface area contributed by atoms with Gasteiger partial charge >= 0.3 is 4.96 Å². The zero-order valence-corrected chi connectivity index (χ0v) is 10.6. The molecule has 0 atom stereocenters. The van der Waals surface area contributed by atoms with Crippen molar-refractivity contribution in [3.05, 3.63) is 35.8 Å². The van der Waals surface area contributed by atoms with Crippen LogP contribution in [0.5, 0.6) is 0 Å². The smallest absolute Gasteiger partial charge is 0.346 e. The van der Waals surface area contributed by atoms with Gasteiger partial charge in [-0.25, -0.2) is 4.57 Å². The van der Waals surface area contributed by atoms with Crippen molar-refractivity contribution < 1.29 is 28.5 Å². The van der Waals surface area contributed by atoms with Crippen molar-refractivity contribution in [2.24, 2.45) is 7.05 Å². The average Bonchev–Trinajstić information content (AvgIpc) is 2.72. The van der Waals surface area contributed by atoms with Gasteiger partial charge in [0.15, 0.2) is 11.0 Å². The summed E-state index contributed by atoms with van der Waals surface area (Å²) in [5, 5.41) is 2.11. The number of para-hydroxylation sites is 2. The van der Waals surface area contributed by atoms with Gasteiger partial charge < -0.3 is 24.0 Å². The molecule has 4 heteroatoms. The molecule has 0 aliphatic rings. The summed E-state index contributed by atoms with van der Waals surface area (Å²) in [6.07, 6.45) is 2.11. The highest BCUT2D eigenvalue weighted by molar-refractivity contribution is 7.14. The molecule has 0 aliphatic heterocycles. The number of aromatic nitrogens is 2. The minimum absolute atomic E-state index is 0. The average molecular weight is 316 g/mol. The molecule has 0 bridgehead atoms. The zero-order chi connectivity index (χ0) is 8.84. The van der Waals surface area contributed by atoms with E-state index in [4.69, 9.17) is 0 Å². The molecule has 0 fully saturated rings. The van der Waals surface area contributed by atoms with E-state index >= 15 is 0 Å². The first-order valence-corrected chi connectivity index (χ1v) is 5.08. The molecule has 2 nitrogen and oxygen atoms in total. The molecule has 0 aliphatic carbocycles. The van der Waals surface area contributed by atoms with Crippen molar-refractivity contribution in [1.29, 1.82) is 0 Å². The summed E-state index contributed by atoms with van der Waals surface area (Å²) in [5.74, 6) is 0. The zero-order valence-electron chi connectivity index (χ0n) is 7.64. The van der Waals surface area contributed by atoms with Gasteiger partial charge in [0, 0.05) is 5.38 Å². The molecule has 2 heterocycles. The summed E-state index contributed by atoms with van der Waals surface area (Å²) in [5.41, 5.74) is 2.57. The van der Waals surface area contributed by atoms with Crippen LogP contribution in [0.2, 0.25) is 0 Å². The number of benzene rings is 1. The number of hydrogen-bond acceptors (Lipinski definition) is 1. The van der Waals surface area contributed by atoms with E-state index in [1.807, 2.05) is 0 Å².